The maximum absolute atomic E-state index is 11.7. The molecule has 4 aromatic rings. The van der Waals surface area contributed by atoms with Gasteiger partial charge in [0.1, 0.15) is 27.8 Å². The number of fused-ring (bicyclic) bond motifs is 2. The Balaban J connectivity index is 0.00000289. The molecule has 0 saturated heterocycles. The number of nitrogens with zero attached hydrogens (tertiary/aromatic N) is 3. The van der Waals surface area contributed by atoms with E-state index in [1.54, 1.807) is 30.3 Å². The molecule has 0 aromatic heterocycles. The van der Waals surface area contributed by atoms with Crippen LogP contribution in [-0.4, -0.2) is 57.7 Å². The molecule has 0 saturated carbocycles. The van der Waals surface area contributed by atoms with Crippen LogP contribution < -0.4 is 0 Å². The third-order valence-electron chi connectivity index (χ3n) is 4.65. The Morgan fingerprint density at radius 1 is 0.812 bits per heavy atom. The number of benzene rings is 4. The van der Waals surface area contributed by atoms with Crippen molar-refractivity contribution in [1.29, 1.82) is 0 Å². The average Bonchev–Trinajstić information content (AvgIpc) is 2.72. The molecule has 0 spiro atoms. The van der Waals surface area contributed by atoms with E-state index in [1.807, 2.05) is 0 Å². The van der Waals surface area contributed by atoms with E-state index in [-0.39, 0.29) is 57.5 Å². The predicted molar refractivity (Wildman–Crippen MR) is 118 cm³/mol. The number of phenolic OH excluding ortho intramolecular Hbond substituents is 2. The Morgan fingerprint density at radius 2 is 1.47 bits per heavy atom. The first-order chi connectivity index (χ1) is 14.7. The molecule has 3 N–H and O–H groups in total. The second kappa shape index (κ2) is 8.81. The van der Waals surface area contributed by atoms with Gasteiger partial charge in [-0.3, -0.25) is 14.7 Å². The van der Waals surface area contributed by atoms with Crippen molar-refractivity contribution < 1.29 is 28.1 Å². The summed E-state index contributed by atoms with van der Waals surface area (Å²) in [6.07, 6.45) is 0. The maximum atomic E-state index is 11.7. The van der Waals surface area contributed by atoms with E-state index < -0.39 is 31.4 Å². The van der Waals surface area contributed by atoms with Crippen LogP contribution in [0, 0.1) is 10.1 Å². The molecule has 1 radical (unpaired) electrons. The minimum atomic E-state index is -4.81. The second-order valence-corrected chi connectivity index (χ2v) is 7.95. The summed E-state index contributed by atoms with van der Waals surface area (Å²) in [5.41, 5.74) is -0.492. The molecular formula is C20H13N3NaO7S. The van der Waals surface area contributed by atoms with Crippen LogP contribution in [0.4, 0.5) is 17.1 Å². The molecule has 0 aliphatic rings. The normalized spacial score (nSPS) is 11.7. The second-order valence-electron chi connectivity index (χ2n) is 6.56. The van der Waals surface area contributed by atoms with E-state index in [0.717, 1.165) is 23.6 Å². The number of non-ortho nitro benzene ring substituents is 1. The third kappa shape index (κ3) is 4.29. The molecule has 32 heavy (non-hydrogen) atoms. The van der Waals surface area contributed by atoms with Gasteiger partial charge in [0.25, 0.3) is 15.8 Å². The van der Waals surface area contributed by atoms with Gasteiger partial charge in [0.15, 0.2) is 0 Å². The standard InChI is InChI=1S/C20H13N3O7S.Na/c24-16-8-5-11-3-1-2-4-13(11)19(16)21-22-20-14-7-6-12(23(26)27)9-15(14)18(10-17(20)25)31(28,29)30;/h1-10,24-25H,(H,28,29,30);. The van der Waals surface area contributed by atoms with E-state index in [2.05, 4.69) is 10.2 Å². The van der Waals surface area contributed by atoms with Gasteiger partial charge in [0.05, 0.1) is 4.92 Å². The van der Waals surface area contributed by atoms with Crippen LogP contribution in [0.5, 0.6) is 11.5 Å². The van der Waals surface area contributed by atoms with Crippen LogP contribution in [-0.2, 0) is 10.1 Å². The predicted octanol–water partition coefficient (Wildman–Crippen LogP) is 4.59. The number of hydrogen-bond donors (Lipinski definition) is 3. The molecule has 0 heterocycles. The summed E-state index contributed by atoms with van der Waals surface area (Å²) in [5.74, 6) is -0.797. The van der Waals surface area contributed by atoms with Crippen LogP contribution in [0.15, 0.2) is 75.8 Å². The number of hydrogen-bond acceptors (Lipinski definition) is 8. The molecule has 157 valence electrons. The minimum Gasteiger partial charge on any atom is -0.506 e. The summed E-state index contributed by atoms with van der Waals surface area (Å²) in [6.45, 7) is 0. The van der Waals surface area contributed by atoms with Crippen molar-refractivity contribution in [3.8, 4) is 11.5 Å². The minimum absolute atomic E-state index is 0. The summed E-state index contributed by atoms with van der Waals surface area (Å²) in [5, 5.41) is 40.8. The largest absolute Gasteiger partial charge is 0.506 e. The van der Waals surface area contributed by atoms with Crippen molar-refractivity contribution in [3.05, 3.63) is 70.8 Å². The number of nitro benzene ring substituents is 1. The summed E-state index contributed by atoms with van der Waals surface area (Å²) in [4.78, 5) is 9.67. The van der Waals surface area contributed by atoms with Crippen LogP contribution in [0.1, 0.15) is 0 Å². The Labute approximate surface area is 203 Å². The van der Waals surface area contributed by atoms with Gasteiger partial charge in [-0.1, -0.05) is 30.3 Å². The van der Waals surface area contributed by atoms with Gasteiger partial charge in [-0.05, 0) is 17.5 Å². The van der Waals surface area contributed by atoms with Crippen molar-refractivity contribution in [2.75, 3.05) is 0 Å². The van der Waals surface area contributed by atoms with Crippen LogP contribution in [0.25, 0.3) is 21.5 Å². The number of phenols is 2. The Bertz CT molecular complexity index is 1520. The average molecular weight is 462 g/mol. The summed E-state index contributed by atoms with van der Waals surface area (Å²) in [6, 6.07) is 14.2. The van der Waals surface area contributed by atoms with Gasteiger partial charge in [-0.25, -0.2) is 0 Å². The SMILES string of the molecule is O=[N+]([O-])c1ccc2c(N=Nc3c(O)ccc4ccccc34)c(O)cc(S(=O)(=O)O)c2c1.[Na]. The summed E-state index contributed by atoms with van der Waals surface area (Å²) < 4.78 is 33.0. The van der Waals surface area contributed by atoms with Gasteiger partial charge < -0.3 is 10.2 Å². The molecule has 0 fully saturated rings. The van der Waals surface area contributed by atoms with E-state index in [9.17, 15) is 33.3 Å². The number of aromatic hydroxyl groups is 2. The van der Waals surface area contributed by atoms with Gasteiger partial charge in [-0.2, -0.15) is 8.42 Å². The molecule has 10 nitrogen and oxygen atoms in total. The van der Waals surface area contributed by atoms with Crippen LogP contribution in [0.2, 0.25) is 0 Å². The number of azo groups is 1. The quantitative estimate of drug-likeness (QED) is 0.131. The van der Waals surface area contributed by atoms with E-state index in [1.165, 1.54) is 12.1 Å². The van der Waals surface area contributed by atoms with Gasteiger partial charge in [-0.15, -0.1) is 10.2 Å². The Kier molecular flexibility index (Phi) is 6.49. The first-order valence-corrected chi connectivity index (χ1v) is 10.1. The van der Waals surface area contributed by atoms with Crippen LogP contribution >= 0.6 is 0 Å². The molecule has 12 heteroatoms. The Morgan fingerprint density at radius 3 is 2.12 bits per heavy atom. The van der Waals surface area contributed by atoms with Gasteiger partial charge in [0.2, 0.25) is 0 Å². The van der Waals surface area contributed by atoms with E-state index in [0.29, 0.717) is 5.39 Å². The maximum Gasteiger partial charge on any atom is 0.295 e. The summed E-state index contributed by atoms with van der Waals surface area (Å²) >= 11 is 0. The van der Waals surface area contributed by atoms with Crippen molar-refractivity contribution in [3.63, 3.8) is 0 Å². The fourth-order valence-corrected chi connectivity index (χ4v) is 3.94. The Hall–Kier alpha value is -3.09. The number of nitro groups is 1. The molecule has 4 rings (SSSR count). The van der Waals surface area contributed by atoms with E-state index >= 15 is 0 Å². The van der Waals surface area contributed by atoms with Gasteiger partial charge in [0, 0.05) is 63.9 Å². The molecular weight excluding hydrogens is 449 g/mol. The van der Waals surface area contributed by atoms with Crippen molar-refractivity contribution in [2.45, 2.75) is 4.90 Å². The third-order valence-corrected chi connectivity index (χ3v) is 5.55. The van der Waals surface area contributed by atoms with Crippen molar-refractivity contribution in [1.82, 2.24) is 0 Å². The fraction of sp³-hybridized carbons (Fsp3) is 0. The summed E-state index contributed by atoms with van der Waals surface area (Å²) in [7, 11) is -4.81. The zero-order valence-electron chi connectivity index (χ0n) is 16.5. The molecule has 0 atom stereocenters. The topological polar surface area (TPSA) is 163 Å². The molecule has 0 unspecified atom stereocenters. The van der Waals surface area contributed by atoms with Crippen molar-refractivity contribution >= 4 is 78.3 Å². The zero-order chi connectivity index (χ0) is 22.3. The first kappa shape index (κ1) is 23.6. The molecule has 0 aliphatic carbocycles. The zero-order valence-corrected chi connectivity index (χ0v) is 19.3. The monoisotopic (exact) mass is 462 g/mol. The first-order valence-electron chi connectivity index (χ1n) is 8.71. The molecule has 0 bridgehead atoms. The molecule has 0 aliphatic heterocycles. The van der Waals surface area contributed by atoms with Crippen LogP contribution in [0.3, 0.4) is 0 Å². The smallest absolute Gasteiger partial charge is 0.295 e. The van der Waals surface area contributed by atoms with Gasteiger partial charge >= 0.3 is 0 Å². The number of rotatable bonds is 4. The molecule has 4 aromatic carbocycles. The fourth-order valence-electron chi connectivity index (χ4n) is 3.23. The van der Waals surface area contributed by atoms with Crippen molar-refractivity contribution in [2.24, 2.45) is 10.2 Å². The van der Waals surface area contributed by atoms with E-state index in [4.69, 9.17) is 0 Å². The molecule has 0 amide bonds.